The van der Waals surface area contributed by atoms with Gasteiger partial charge in [-0.15, -0.1) is 0 Å². The topological polar surface area (TPSA) is 92.5 Å². The Balaban J connectivity index is 2.49. The second-order valence-corrected chi connectivity index (χ2v) is 4.64. The van der Waals surface area contributed by atoms with Gasteiger partial charge in [0.05, 0.1) is 6.04 Å². The van der Waals surface area contributed by atoms with E-state index in [1.54, 1.807) is 0 Å². The third-order valence-electron chi connectivity index (χ3n) is 3.17. The highest BCUT2D eigenvalue weighted by Crippen LogP contribution is 2.11. The minimum Gasteiger partial charge on any atom is -0.343 e. The van der Waals surface area contributed by atoms with E-state index in [0.29, 0.717) is 12.8 Å². The lowest BCUT2D eigenvalue weighted by molar-refractivity contribution is -0.149. The maximum atomic E-state index is 11.8. The van der Waals surface area contributed by atoms with Crippen LogP contribution < -0.4 is 11.1 Å². The molecule has 6 nitrogen and oxygen atoms in total. The molecule has 0 aromatic carbocycles. The first kappa shape index (κ1) is 14.6. The van der Waals surface area contributed by atoms with Crippen LogP contribution in [-0.2, 0) is 14.4 Å². The molecule has 1 rings (SSSR count). The molecule has 0 saturated carbocycles. The summed E-state index contributed by atoms with van der Waals surface area (Å²) in [6.07, 6.45) is 3.09. The lowest BCUT2D eigenvalue weighted by atomic mass is 10.0. The van der Waals surface area contributed by atoms with Crippen LogP contribution in [0.2, 0.25) is 0 Å². The molecule has 3 N–H and O–H groups in total. The number of rotatable bonds is 5. The van der Waals surface area contributed by atoms with Gasteiger partial charge < -0.3 is 11.1 Å². The van der Waals surface area contributed by atoms with Crippen LogP contribution >= 0.6 is 0 Å². The van der Waals surface area contributed by atoms with Crippen molar-refractivity contribution in [1.29, 1.82) is 0 Å². The smallest absolute Gasteiger partial charge is 0.251 e. The molecule has 1 saturated heterocycles. The Kier molecular flexibility index (Phi) is 5.27. The summed E-state index contributed by atoms with van der Waals surface area (Å²) in [6, 6.07) is -1.20. The number of carbonyl (C=O) groups is 3. The fourth-order valence-corrected chi connectivity index (χ4v) is 1.88. The van der Waals surface area contributed by atoms with E-state index >= 15 is 0 Å². The first-order chi connectivity index (χ1) is 8.47. The average molecular weight is 255 g/mol. The summed E-state index contributed by atoms with van der Waals surface area (Å²) in [5, 5.41) is 2.62. The molecule has 0 aromatic rings. The van der Waals surface area contributed by atoms with Crippen molar-refractivity contribution in [2.45, 2.75) is 51.1 Å². The van der Waals surface area contributed by atoms with Crippen LogP contribution in [0.25, 0.3) is 0 Å². The fraction of sp³-hybridized carbons (Fsp3) is 0.750. The van der Waals surface area contributed by atoms with Crippen LogP contribution in [0.15, 0.2) is 0 Å². The number of piperidine rings is 1. The highest BCUT2D eigenvalue weighted by atomic mass is 16.2. The predicted octanol–water partition coefficient (Wildman–Crippen LogP) is -0.232. The van der Waals surface area contributed by atoms with E-state index in [1.807, 2.05) is 6.92 Å². The van der Waals surface area contributed by atoms with Crippen molar-refractivity contribution in [3.63, 3.8) is 0 Å². The van der Waals surface area contributed by atoms with E-state index in [4.69, 9.17) is 5.73 Å². The summed E-state index contributed by atoms with van der Waals surface area (Å²) >= 11 is 0. The van der Waals surface area contributed by atoms with Gasteiger partial charge in [-0.2, -0.15) is 0 Å². The molecule has 3 amide bonds. The van der Waals surface area contributed by atoms with Crippen LogP contribution in [0.1, 0.15) is 39.0 Å². The molecule has 102 valence electrons. The van der Waals surface area contributed by atoms with E-state index in [2.05, 4.69) is 5.32 Å². The number of hydrogen-bond acceptors (Lipinski definition) is 4. The SMILES string of the molecule is CCCC[C@H](N)C(=O)NC1CCC(=O)N(C)C1=O. The maximum Gasteiger partial charge on any atom is 0.251 e. The monoisotopic (exact) mass is 255 g/mol. The van der Waals surface area contributed by atoms with Gasteiger partial charge in [0.1, 0.15) is 6.04 Å². The van der Waals surface area contributed by atoms with Crippen molar-refractivity contribution in [1.82, 2.24) is 10.2 Å². The van der Waals surface area contributed by atoms with Crippen LogP contribution in [-0.4, -0.2) is 41.8 Å². The van der Waals surface area contributed by atoms with Crippen LogP contribution in [0.5, 0.6) is 0 Å². The molecule has 0 spiro atoms. The molecular formula is C12H21N3O3. The third kappa shape index (κ3) is 3.53. The third-order valence-corrected chi connectivity index (χ3v) is 3.17. The normalized spacial score (nSPS) is 21.9. The first-order valence-corrected chi connectivity index (χ1v) is 6.33. The number of likely N-dealkylation sites (N-methyl/N-ethyl adjacent to an activating group) is 1. The minimum absolute atomic E-state index is 0.208. The van der Waals surface area contributed by atoms with Gasteiger partial charge >= 0.3 is 0 Å². The van der Waals surface area contributed by atoms with Gasteiger partial charge in [-0.05, 0) is 12.8 Å². The van der Waals surface area contributed by atoms with Crippen molar-refractivity contribution in [3.8, 4) is 0 Å². The summed E-state index contributed by atoms with van der Waals surface area (Å²) in [7, 11) is 1.43. The van der Waals surface area contributed by atoms with Gasteiger partial charge in [-0.1, -0.05) is 19.8 Å². The van der Waals surface area contributed by atoms with Crippen molar-refractivity contribution in [2.75, 3.05) is 7.05 Å². The molecule has 18 heavy (non-hydrogen) atoms. The Morgan fingerprint density at radius 1 is 1.56 bits per heavy atom. The molecule has 1 aliphatic rings. The fourth-order valence-electron chi connectivity index (χ4n) is 1.88. The van der Waals surface area contributed by atoms with Crippen molar-refractivity contribution >= 4 is 17.7 Å². The number of likely N-dealkylation sites (tertiary alicyclic amines) is 1. The number of unbranched alkanes of at least 4 members (excludes halogenated alkanes) is 1. The second kappa shape index (κ2) is 6.49. The molecular weight excluding hydrogens is 234 g/mol. The van der Waals surface area contributed by atoms with Gasteiger partial charge in [0.2, 0.25) is 11.8 Å². The van der Waals surface area contributed by atoms with Crippen molar-refractivity contribution in [2.24, 2.45) is 5.73 Å². The molecule has 2 atom stereocenters. The Morgan fingerprint density at radius 3 is 2.83 bits per heavy atom. The molecule has 0 aromatic heterocycles. The Hall–Kier alpha value is -1.43. The number of hydrogen-bond donors (Lipinski definition) is 2. The second-order valence-electron chi connectivity index (χ2n) is 4.64. The number of nitrogens with two attached hydrogens (primary N) is 1. The average Bonchev–Trinajstić information content (AvgIpc) is 2.36. The predicted molar refractivity (Wildman–Crippen MR) is 66.4 cm³/mol. The quantitative estimate of drug-likeness (QED) is 0.664. The number of nitrogens with one attached hydrogen (secondary N) is 1. The van der Waals surface area contributed by atoms with E-state index < -0.39 is 12.1 Å². The summed E-state index contributed by atoms with van der Waals surface area (Å²) < 4.78 is 0. The van der Waals surface area contributed by atoms with E-state index in [0.717, 1.165) is 17.7 Å². The zero-order valence-electron chi connectivity index (χ0n) is 10.9. The molecule has 6 heteroatoms. The number of amides is 3. The standard InChI is InChI=1S/C12H21N3O3/c1-3-4-5-8(13)11(17)14-9-6-7-10(16)15(2)12(9)18/h8-9H,3-7,13H2,1-2H3,(H,14,17)/t8-,9?/m0/s1. The van der Waals surface area contributed by atoms with Crippen LogP contribution in [0.3, 0.4) is 0 Å². The molecule has 0 bridgehead atoms. The molecule has 1 aliphatic heterocycles. The lowest BCUT2D eigenvalue weighted by Gasteiger charge is -2.28. The number of imide groups is 1. The molecule has 1 heterocycles. The largest absolute Gasteiger partial charge is 0.343 e. The Morgan fingerprint density at radius 2 is 2.22 bits per heavy atom. The Labute approximate surface area is 107 Å². The van der Waals surface area contributed by atoms with Crippen LogP contribution in [0, 0.1) is 0 Å². The highest BCUT2D eigenvalue weighted by molar-refractivity contribution is 6.01. The highest BCUT2D eigenvalue weighted by Gasteiger charge is 2.33. The van der Waals surface area contributed by atoms with Crippen molar-refractivity contribution in [3.05, 3.63) is 0 Å². The first-order valence-electron chi connectivity index (χ1n) is 6.33. The summed E-state index contributed by atoms with van der Waals surface area (Å²) in [5.74, 6) is -0.882. The zero-order valence-corrected chi connectivity index (χ0v) is 10.9. The molecule has 1 unspecified atom stereocenters. The van der Waals surface area contributed by atoms with Gasteiger partial charge in [-0.25, -0.2) is 0 Å². The zero-order chi connectivity index (χ0) is 13.7. The van der Waals surface area contributed by atoms with Gasteiger partial charge in [-0.3, -0.25) is 19.3 Å². The van der Waals surface area contributed by atoms with E-state index in [9.17, 15) is 14.4 Å². The number of nitrogens with zero attached hydrogens (tertiary/aromatic N) is 1. The lowest BCUT2D eigenvalue weighted by Crippen LogP contribution is -2.55. The van der Waals surface area contributed by atoms with Crippen LogP contribution in [0.4, 0.5) is 0 Å². The van der Waals surface area contributed by atoms with Gasteiger partial charge in [0.25, 0.3) is 5.91 Å². The molecule has 0 radical (unpaired) electrons. The van der Waals surface area contributed by atoms with E-state index in [-0.39, 0.29) is 24.1 Å². The molecule has 1 fully saturated rings. The minimum atomic E-state index is -0.618. The van der Waals surface area contributed by atoms with Crippen molar-refractivity contribution < 1.29 is 14.4 Å². The number of carbonyl (C=O) groups excluding carboxylic acids is 3. The molecule has 0 aliphatic carbocycles. The summed E-state index contributed by atoms with van der Waals surface area (Å²) in [5.41, 5.74) is 5.72. The summed E-state index contributed by atoms with van der Waals surface area (Å²) in [4.78, 5) is 35.9. The Bertz CT molecular complexity index is 343. The van der Waals surface area contributed by atoms with E-state index in [1.165, 1.54) is 7.05 Å². The van der Waals surface area contributed by atoms with Gasteiger partial charge in [0, 0.05) is 13.5 Å². The summed E-state index contributed by atoms with van der Waals surface area (Å²) in [6.45, 7) is 2.02. The maximum absolute atomic E-state index is 11.8. The van der Waals surface area contributed by atoms with Gasteiger partial charge in [0.15, 0.2) is 0 Å².